The van der Waals surface area contributed by atoms with Gasteiger partial charge in [0.05, 0.1) is 11.0 Å². The lowest BCUT2D eigenvalue weighted by Crippen LogP contribution is -1.96. The maximum Gasteiger partial charge on any atom is 0.263 e. The minimum Gasteiger partial charge on any atom is -0.241 e. The Bertz CT molecular complexity index is 418. The molecule has 1 N–H and O–H groups in total. The molecule has 7 heteroatoms. The number of para-hydroxylation sites is 1. The fraction of sp³-hybridized carbons (Fsp3) is 0. The summed E-state index contributed by atoms with van der Waals surface area (Å²) < 4.78 is 21.8. The van der Waals surface area contributed by atoms with Crippen molar-refractivity contribution >= 4 is 25.4 Å². The monoisotopic (exact) mass is 220 g/mol. The first-order valence-electron chi connectivity index (χ1n) is 3.18. The number of hydrogen-bond donors (Lipinski definition) is 1. The molecular formula is C6H5ClN2O3S. The van der Waals surface area contributed by atoms with Gasteiger partial charge in [0.1, 0.15) is 4.90 Å². The highest BCUT2D eigenvalue weighted by atomic mass is 35.7. The summed E-state index contributed by atoms with van der Waals surface area (Å²) in [7, 11) is 1.24. The number of rotatable bonds is 3. The van der Waals surface area contributed by atoms with E-state index in [1.165, 1.54) is 18.2 Å². The van der Waals surface area contributed by atoms with Crippen LogP contribution in [0.4, 0.5) is 5.69 Å². The molecule has 0 fully saturated rings. The van der Waals surface area contributed by atoms with Crippen LogP contribution in [-0.2, 0) is 9.05 Å². The van der Waals surface area contributed by atoms with E-state index in [0.29, 0.717) is 0 Å². The number of nitrogens with one attached hydrogen (secondary N) is 1. The number of hydrogen-bond acceptors (Lipinski definition) is 4. The third-order valence-corrected chi connectivity index (χ3v) is 2.70. The zero-order chi connectivity index (χ0) is 9.90. The van der Waals surface area contributed by atoms with Crippen LogP contribution in [0.5, 0.6) is 0 Å². The second-order valence-corrected chi connectivity index (χ2v) is 4.67. The second-order valence-electron chi connectivity index (χ2n) is 2.14. The molecule has 1 aromatic carbocycles. The normalized spacial score (nSPS) is 10.8. The highest BCUT2D eigenvalue weighted by Crippen LogP contribution is 2.23. The smallest absolute Gasteiger partial charge is 0.241 e. The predicted molar refractivity (Wildman–Crippen MR) is 48.9 cm³/mol. The van der Waals surface area contributed by atoms with Gasteiger partial charge in [-0.05, 0) is 12.1 Å². The topological polar surface area (TPSA) is 75.6 Å². The lowest BCUT2D eigenvalue weighted by atomic mass is 10.3. The molecule has 0 aromatic heterocycles. The largest absolute Gasteiger partial charge is 0.263 e. The van der Waals surface area contributed by atoms with Crippen molar-refractivity contribution in [2.45, 2.75) is 4.90 Å². The number of benzene rings is 1. The summed E-state index contributed by atoms with van der Waals surface area (Å²) in [5, 5.41) is 2.36. The molecule has 0 unspecified atom stereocenters. The van der Waals surface area contributed by atoms with E-state index in [4.69, 9.17) is 10.7 Å². The first kappa shape index (κ1) is 9.94. The van der Waals surface area contributed by atoms with E-state index in [9.17, 15) is 13.3 Å². The van der Waals surface area contributed by atoms with Gasteiger partial charge in [0.2, 0.25) is 0 Å². The molecule has 13 heavy (non-hydrogen) atoms. The van der Waals surface area contributed by atoms with Crippen molar-refractivity contribution in [3.8, 4) is 0 Å². The molecule has 0 radical (unpaired) electrons. The quantitative estimate of drug-likeness (QED) is 0.478. The van der Waals surface area contributed by atoms with Crippen LogP contribution in [0.25, 0.3) is 0 Å². The van der Waals surface area contributed by atoms with Gasteiger partial charge >= 0.3 is 0 Å². The molecule has 0 saturated heterocycles. The number of anilines is 1. The van der Waals surface area contributed by atoms with E-state index in [0.717, 1.165) is 0 Å². The summed E-state index contributed by atoms with van der Waals surface area (Å²) in [5.74, 6) is 0. The molecule has 0 atom stereocenters. The Kier molecular flexibility index (Phi) is 2.84. The highest BCUT2D eigenvalue weighted by Gasteiger charge is 2.14. The van der Waals surface area contributed by atoms with Crippen molar-refractivity contribution < 1.29 is 8.42 Å². The van der Waals surface area contributed by atoms with Gasteiger partial charge in [-0.25, -0.2) is 13.8 Å². The van der Waals surface area contributed by atoms with Crippen molar-refractivity contribution in [2.75, 3.05) is 5.43 Å². The van der Waals surface area contributed by atoms with Gasteiger partial charge in [-0.2, -0.15) is 0 Å². The molecule has 5 nitrogen and oxygen atoms in total. The summed E-state index contributed by atoms with van der Waals surface area (Å²) in [6.45, 7) is 0. The van der Waals surface area contributed by atoms with Crippen LogP contribution >= 0.6 is 10.7 Å². The third kappa shape index (κ3) is 2.40. The molecule has 0 aliphatic heterocycles. The van der Waals surface area contributed by atoms with Gasteiger partial charge in [-0.1, -0.05) is 12.1 Å². The second kappa shape index (κ2) is 3.71. The Morgan fingerprint density at radius 1 is 1.31 bits per heavy atom. The number of nitroso groups, excluding NO2 is 1. The Morgan fingerprint density at radius 3 is 2.46 bits per heavy atom. The first-order valence-corrected chi connectivity index (χ1v) is 5.48. The van der Waals surface area contributed by atoms with Crippen LogP contribution in [0.2, 0.25) is 0 Å². The van der Waals surface area contributed by atoms with Crippen molar-refractivity contribution in [1.82, 2.24) is 0 Å². The van der Waals surface area contributed by atoms with Gasteiger partial charge in [0.25, 0.3) is 9.05 Å². The molecule has 0 aliphatic carbocycles. The fourth-order valence-electron chi connectivity index (χ4n) is 0.821. The van der Waals surface area contributed by atoms with Gasteiger partial charge in [-0.3, -0.25) is 0 Å². The average molecular weight is 221 g/mol. The van der Waals surface area contributed by atoms with Gasteiger partial charge in [-0.15, -0.1) is 4.91 Å². The molecule has 0 amide bonds. The third-order valence-electron chi connectivity index (χ3n) is 1.32. The van der Waals surface area contributed by atoms with E-state index in [2.05, 4.69) is 5.29 Å². The van der Waals surface area contributed by atoms with Crippen LogP contribution in [-0.4, -0.2) is 8.42 Å². The lowest BCUT2D eigenvalue weighted by Gasteiger charge is -2.01. The first-order chi connectivity index (χ1) is 6.05. The maximum absolute atomic E-state index is 10.9. The maximum atomic E-state index is 10.9. The Morgan fingerprint density at radius 2 is 1.92 bits per heavy atom. The van der Waals surface area contributed by atoms with E-state index in [1.54, 1.807) is 6.07 Å². The Balaban J connectivity index is 3.28. The van der Waals surface area contributed by atoms with Crippen molar-refractivity contribution in [2.24, 2.45) is 5.29 Å². The molecule has 1 rings (SSSR count). The molecule has 0 spiro atoms. The number of halogens is 1. The van der Waals surface area contributed by atoms with Crippen LogP contribution < -0.4 is 5.43 Å². The molecule has 0 saturated carbocycles. The summed E-state index contributed by atoms with van der Waals surface area (Å²) in [5.41, 5.74) is 2.05. The van der Waals surface area contributed by atoms with Crippen LogP contribution in [0.1, 0.15) is 0 Å². The van der Waals surface area contributed by atoms with E-state index >= 15 is 0 Å². The zero-order valence-corrected chi connectivity index (χ0v) is 7.84. The van der Waals surface area contributed by atoms with Crippen molar-refractivity contribution in [3.63, 3.8) is 0 Å². The molecule has 0 heterocycles. The average Bonchev–Trinajstić information content (AvgIpc) is 2.04. The van der Waals surface area contributed by atoms with Crippen molar-refractivity contribution in [1.29, 1.82) is 0 Å². The predicted octanol–water partition coefficient (Wildman–Crippen LogP) is 1.71. The highest BCUT2D eigenvalue weighted by molar-refractivity contribution is 8.13. The summed E-state index contributed by atoms with van der Waals surface area (Å²) in [6.07, 6.45) is 0. The summed E-state index contributed by atoms with van der Waals surface area (Å²) in [4.78, 5) is 9.68. The molecule has 70 valence electrons. The van der Waals surface area contributed by atoms with Gasteiger partial charge in [0.15, 0.2) is 0 Å². The Hall–Kier alpha value is -1.14. The van der Waals surface area contributed by atoms with Crippen LogP contribution in [0, 0.1) is 4.91 Å². The Labute approximate surface area is 79.1 Å². The number of nitrogens with zero attached hydrogens (tertiary/aromatic N) is 1. The standard InChI is InChI=1S/C6H5ClN2O3S/c7-13(11,12)6-4-2-1-3-5(6)8-9-10/h1-4H,(H,8,10). The van der Waals surface area contributed by atoms with Crippen LogP contribution in [0.15, 0.2) is 34.4 Å². The van der Waals surface area contributed by atoms with Gasteiger partial charge in [0, 0.05) is 10.7 Å². The minimum absolute atomic E-state index is 0.0625. The van der Waals surface area contributed by atoms with E-state index in [1.807, 2.05) is 5.43 Å². The summed E-state index contributed by atoms with van der Waals surface area (Å²) >= 11 is 0. The molecule has 1 aromatic rings. The van der Waals surface area contributed by atoms with Gasteiger partial charge < -0.3 is 0 Å². The fourth-order valence-corrected chi connectivity index (χ4v) is 1.84. The SMILES string of the molecule is O=NNc1ccccc1S(=O)(=O)Cl. The molecular weight excluding hydrogens is 216 g/mol. The van der Waals surface area contributed by atoms with E-state index in [-0.39, 0.29) is 10.6 Å². The van der Waals surface area contributed by atoms with Crippen molar-refractivity contribution in [3.05, 3.63) is 29.2 Å². The van der Waals surface area contributed by atoms with E-state index < -0.39 is 9.05 Å². The lowest BCUT2D eigenvalue weighted by molar-refractivity contribution is 0.610. The molecule has 0 aliphatic rings. The summed E-state index contributed by atoms with van der Waals surface area (Å²) in [6, 6.07) is 5.71. The molecule has 0 bridgehead atoms. The zero-order valence-electron chi connectivity index (χ0n) is 6.27. The minimum atomic E-state index is -3.84. The van der Waals surface area contributed by atoms with Crippen LogP contribution in [0.3, 0.4) is 0 Å².